The molecule has 0 aromatic heterocycles. The van der Waals surface area contributed by atoms with Crippen molar-refractivity contribution in [2.45, 2.75) is 18.6 Å². The smallest absolute Gasteiger partial charge is 0.0947 e. The van der Waals surface area contributed by atoms with Gasteiger partial charge in [-0.15, -0.1) is 0 Å². The first-order valence-corrected chi connectivity index (χ1v) is 4.76. The molecular weight excluding hydrogens is 209 g/mol. The molecule has 1 aromatic rings. The lowest BCUT2D eigenvalue weighted by atomic mass is 10.1. The van der Waals surface area contributed by atoms with Crippen molar-refractivity contribution in [3.8, 4) is 0 Å². The molecule has 2 rings (SSSR count). The van der Waals surface area contributed by atoms with Crippen LogP contribution in [0.25, 0.3) is 0 Å². The molecule has 2 atom stereocenters. The monoisotopic (exact) mass is 217 g/mol. The van der Waals surface area contributed by atoms with Crippen LogP contribution in [0.4, 0.5) is 0 Å². The molecule has 0 amide bonds. The molecule has 3 N–H and O–H groups in total. The number of rotatable bonds is 0. The van der Waals surface area contributed by atoms with Crippen LogP contribution >= 0.6 is 23.2 Å². The summed E-state index contributed by atoms with van der Waals surface area (Å²) in [6.07, 6.45) is 0.0534. The molecule has 0 aliphatic heterocycles. The first-order chi connectivity index (χ1) is 6.09. The van der Waals surface area contributed by atoms with Crippen molar-refractivity contribution < 1.29 is 5.11 Å². The van der Waals surface area contributed by atoms with Gasteiger partial charge in [-0.1, -0.05) is 23.2 Å². The van der Waals surface area contributed by atoms with Gasteiger partial charge in [0, 0.05) is 6.04 Å². The van der Waals surface area contributed by atoms with Crippen LogP contribution in [0.5, 0.6) is 0 Å². The standard InChI is InChI=1S/C9H9Cl2NO/c10-6-1-4-2-8(12)9(13)5(4)3-7(6)11/h1,3,8-9,13H,2,12H2/t8-,9-/m1/s1. The Hall–Kier alpha value is -0.280. The number of nitrogens with two attached hydrogens (primary N) is 1. The van der Waals surface area contributed by atoms with Gasteiger partial charge in [0.25, 0.3) is 0 Å². The SMILES string of the molecule is N[C@@H]1Cc2cc(Cl)c(Cl)cc2[C@H]1O. The molecule has 0 fully saturated rings. The molecule has 0 bridgehead atoms. The zero-order valence-electron chi connectivity index (χ0n) is 6.80. The van der Waals surface area contributed by atoms with Crippen LogP contribution in [0.2, 0.25) is 10.0 Å². The minimum absolute atomic E-state index is 0.232. The number of hydrogen-bond acceptors (Lipinski definition) is 2. The molecule has 0 saturated heterocycles. The largest absolute Gasteiger partial charge is 0.387 e. The van der Waals surface area contributed by atoms with E-state index in [-0.39, 0.29) is 6.04 Å². The molecule has 0 unspecified atom stereocenters. The minimum atomic E-state index is -0.607. The molecule has 4 heteroatoms. The van der Waals surface area contributed by atoms with Gasteiger partial charge in [0.1, 0.15) is 0 Å². The Labute approximate surface area is 86.3 Å². The second-order valence-electron chi connectivity index (χ2n) is 3.28. The molecule has 0 saturated carbocycles. The molecule has 0 heterocycles. The number of hydrogen-bond donors (Lipinski definition) is 2. The van der Waals surface area contributed by atoms with Crippen molar-refractivity contribution in [3.05, 3.63) is 33.3 Å². The van der Waals surface area contributed by atoms with E-state index in [0.29, 0.717) is 16.5 Å². The number of aliphatic hydroxyl groups excluding tert-OH is 1. The summed E-state index contributed by atoms with van der Waals surface area (Å²) in [7, 11) is 0. The Morgan fingerprint density at radius 1 is 1.31 bits per heavy atom. The average molecular weight is 218 g/mol. The van der Waals surface area contributed by atoms with Crippen LogP contribution < -0.4 is 5.73 Å². The fraction of sp³-hybridized carbons (Fsp3) is 0.333. The summed E-state index contributed by atoms with van der Waals surface area (Å²) in [6, 6.07) is 3.23. The fourth-order valence-corrected chi connectivity index (χ4v) is 2.01. The summed E-state index contributed by atoms with van der Waals surface area (Å²) in [4.78, 5) is 0. The predicted molar refractivity (Wildman–Crippen MR) is 53.1 cm³/mol. The van der Waals surface area contributed by atoms with Gasteiger partial charge in [0.15, 0.2) is 0 Å². The van der Waals surface area contributed by atoms with Gasteiger partial charge in [-0.2, -0.15) is 0 Å². The second kappa shape index (κ2) is 3.14. The Bertz CT molecular complexity index is 354. The third kappa shape index (κ3) is 1.44. The maximum atomic E-state index is 9.64. The summed E-state index contributed by atoms with van der Waals surface area (Å²) in [6.45, 7) is 0. The van der Waals surface area contributed by atoms with Crippen LogP contribution in [0, 0.1) is 0 Å². The zero-order chi connectivity index (χ0) is 9.59. The molecule has 70 valence electrons. The number of benzene rings is 1. The van der Waals surface area contributed by atoms with E-state index in [1.807, 2.05) is 0 Å². The van der Waals surface area contributed by atoms with Crippen LogP contribution in [0.1, 0.15) is 17.2 Å². The van der Waals surface area contributed by atoms with Gasteiger partial charge in [-0.05, 0) is 29.7 Å². The summed E-state index contributed by atoms with van der Waals surface area (Å²) in [5.41, 5.74) is 7.49. The topological polar surface area (TPSA) is 46.2 Å². The Morgan fingerprint density at radius 3 is 2.62 bits per heavy atom. The van der Waals surface area contributed by atoms with Crippen molar-refractivity contribution in [3.63, 3.8) is 0 Å². The van der Waals surface area contributed by atoms with E-state index in [2.05, 4.69) is 0 Å². The summed E-state index contributed by atoms with van der Waals surface area (Å²) >= 11 is 11.7. The highest BCUT2D eigenvalue weighted by Gasteiger charge is 2.28. The van der Waals surface area contributed by atoms with Gasteiger partial charge in [0.2, 0.25) is 0 Å². The summed E-state index contributed by atoms with van der Waals surface area (Å²) in [5.74, 6) is 0. The quantitative estimate of drug-likeness (QED) is 0.698. The van der Waals surface area contributed by atoms with Crippen molar-refractivity contribution in [1.29, 1.82) is 0 Å². The predicted octanol–water partition coefficient (Wildman–Crippen LogP) is 1.91. The normalized spacial score (nSPS) is 26.2. The zero-order valence-corrected chi connectivity index (χ0v) is 8.31. The van der Waals surface area contributed by atoms with Crippen LogP contribution in [0.3, 0.4) is 0 Å². The highest BCUT2D eigenvalue weighted by Crippen LogP contribution is 2.35. The van der Waals surface area contributed by atoms with Gasteiger partial charge < -0.3 is 10.8 Å². The van der Waals surface area contributed by atoms with E-state index in [1.165, 1.54) is 0 Å². The van der Waals surface area contributed by atoms with Gasteiger partial charge >= 0.3 is 0 Å². The Kier molecular flexibility index (Phi) is 2.24. The Balaban J connectivity index is 2.53. The van der Waals surface area contributed by atoms with Crippen LogP contribution in [-0.4, -0.2) is 11.1 Å². The molecule has 0 radical (unpaired) electrons. The number of halogens is 2. The van der Waals surface area contributed by atoms with Gasteiger partial charge in [-0.3, -0.25) is 0 Å². The van der Waals surface area contributed by atoms with Crippen molar-refractivity contribution in [1.82, 2.24) is 0 Å². The lowest BCUT2D eigenvalue weighted by Gasteiger charge is -2.08. The lowest BCUT2D eigenvalue weighted by Crippen LogP contribution is -2.24. The maximum absolute atomic E-state index is 9.64. The van der Waals surface area contributed by atoms with E-state index >= 15 is 0 Å². The second-order valence-corrected chi connectivity index (χ2v) is 4.09. The fourth-order valence-electron chi connectivity index (χ4n) is 1.65. The first kappa shape index (κ1) is 9.28. The lowest BCUT2D eigenvalue weighted by molar-refractivity contribution is 0.159. The molecule has 0 spiro atoms. The molecule has 2 nitrogen and oxygen atoms in total. The highest BCUT2D eigenvalue weighted by molar-refractivity contribution is 6.42. The summed E-state index contributed by atoms with van der Waals surface area (Å²) < 4.78 is 0. The van der Waals surface area contributed by atoms with E-state index in [9.17, 15) is 5.11 Å². The maximum Gasteiger partial charge on any atom is 0.0947 e. The molecular formula is C9H9Cl2NO. The Morgan fingerprint density at radius 2 is 1.92 bits per heavy atom. The van der Waals surface area contributed by atoms with Crippen molar-refractivity contribution >= 4 is 23.2 Å². The molecule has 1 aliphatic rings. The minimum Gasteiger partial charge on any atom is -0.387 e. The highest BCUT2D eigenvalue weighted by atomic mass is 35.5. The molecule has 13 heavy (non-hydrogen) atoms. The third-order valence-electron chi connectivity index (χ3n) is 2.36. The van der Waals surface area contributed by atoms with Crippen LogP contribution in [0.15, 0.2) is 12.1 Å². The van der Waals surface area contributed by atoms with E-state index in [0.717, 1.165) is 11.1 Å². The van der Waals surface area contributed by atoms with E-state index in [1.54, 1.807) is 12.1 Å². The third-order valence-corrected chi connectivity index (χ3v) is 3.08. The van der Waals surface area contributed by atoms with Crippen molar-refractivity contribution in [2.24, 2.45) is 5.73 Å². The number of aliphatic hydroxyl groups is 1. The summed E-state index contributed by atoms with van der Waals surface area (Å²) in [5, 5.41) is 10.6. The van der Waals surface area contributed by atoms with Gasteiger partial charge in [0.05, 0.1) is 16.1 Å². The van der Waals surface area contributed by atoms with E-state index in [4.69, 9.17) is 28.9 Å². The van der Waals surface area contributed by atoms with Crippen molar-refractivity contribution in [2.75, 3.05) is 0 Å². The van der Waals surface area contributed by atoms with Crippen LogP contribution in [-0.2, 0) is 6.42 Å². The molecule has 1 aromatic carbocycles. The van der Waals surface area contributed by atoms with E-state index < -0.39 is 6.10 Å². The average Bonchev–Trinajstić information content (AvgIpc) is 2.32. The number of fused-ring (bicyclic) bond motifs is 1. The van der Waals surface area contributed by atoms with Gasteiger partial charge in [-0.25, -0.2) is 0 Å². The molecule has 1 aliphatic carbocycles. The first-order valence-electron chi connectivity index (χ1n) is 4.01.